The van der Waals surface area contributed by atoms with E-state index in [9.17, 15) is 24.0 Å². The molecule has 0 radical (unpaired) electrons. The molecule has 238 valence electrons. The molecule has 5 rings (SSSR count). The van der Waals surface area contributed by atoms with E-state index in [-0.39, 0.29) is 30.5 Å². The fourth-order valence-corrected chi connectivity index (χ4v) is 8.16. The second-order valence-corrected chi connectivity index (χ2v) is 13.6. The molecule has 10 nitrogen and oxygen atoms in total. The first-order valence-electron chi connectivity index (χ1n) is 15.2. The number of Topliss-reactive ketones (excluding diaryl/α,β-unsaturated/α-hetero) is 1. The average Bonchev–Trinajstić information content (AvgIpc) is 3.72. The molecule has 0 amide bonds. The molecule has 1 heterocycles. The van der Waals surface area contributed by atoms with E-state index < -0.39 is 76.7 Å². The van der Waals surface area contributed by atoms with E-state index in [1.54, 1.807) is 19.9 Å². The first-order valence-corrected chi connectivity index (χ1v) is 15.2. The fourth-order valence-electron chi connectivity index (χ4n) is 8.16. The molecule has 1 aliphatic heterocycles. The molecule has 10 heteroatoms. The van der Waals surface area contributed by atoms with Crippen LogP contribution in [0, 0.1) is 29.1 Å². The monoisotopic (exact) mass is 610 g/mol. The molecule has 0 aromatic heterocycles. The highest BCUT2D eigenvalue weighted by molar-refractivity contribution is 5.96. The van der Waals surface area contributed by atoms with Crippen molar-refractivity contribution in [2.75, 3.05) is 0 Å². The van der Waals surface area contributed by atoms with Crippen molar-refractivity contribution in [3.05, 3.63) is 47.5 Å². The van der Waals surface area contributed by atoms with Crippen LogP contribution in [0.25, 0.3) is 0 Å². The summed E-state index contributed by atoms with van der Waals surface area (Å²) >= 11 is 0. The second-order valence-electron chi connectivity index (χ2n) is 13.6. The number of hydrogen-bond donors (Lipinski definition) is 0. The minimum atomic E-state index is -1.35. The molecule has 4 aliphatic rings. The lowest BCUT2D eigenvalue weighted by molar-refractivity contribution is -0.166. The van der Waals surface area contributed by atoms with Gasteiger partial charge in [-0.1, -0.05) is 58.0 Å². The summed E-state index contributed by atoms with van der Waals surface area (Å²) in [4.78, 5) is 65.0. The molecule has 1 aromatic rings. The number of hydrogen-bond acceptors (Lipinski definition) is 10. The van der Waals surface area contributed by atoms with Gasteiger partial charge in [0, 0.05) is 32.6 Å². The minimum absolute atomic E-state index is 0.0394. The third-order valence-electron chi connectivity index (χ3n) is 10.0. The van der Waals surface area contributed by atoms with Crippen LogP contribution in [0.2, 0.25) is 0 Å². The van der Waals surface area contributed by atoms with Crippen LogP contribution in [0.3, 0.4) is 0 Å². The zero-order valence-electron chi connectivity index (χ0n) is 26.6. The molecule has 0 bridgehead atoms. The lowest BCUT2D eigenvalue weighted by Gasteiger charge is -2.30. The first-order chi connectivity index (χ1) is 20.6. The van der Waals surface area contributed by atoms with Gasteiger partial charge in [-0.2, -0.15) is 0 Å². The summed E-state index contributed by atoms with van der Waals surface area (Å²) in [5.41, 5.74) is -1.95. The Labute approximate surface area is 257 Å². The van der Waals surface area contributed by atoms with Crippen LogP contribution >= 0.6 is 0 Å². The van der Waals surface area contributed by atoms with Crippen LogP contribution < -0.4 is 0 Å². The van der Waals surface area contributed by atoms with E-state index in [0.717, 1.165) is 5.56 Å². The number of fused-ring (bicyclic) bond motifs is 1. The maximum absolute atomic E-state index is 14.5. The van der Waals surface area contributed by atoms with Crippen LogP contribution in [0.1, 0.15) is 67.4 Å². The maximum atomic E-state index is 14.5. The Balaban J connectivity index is 1.62. The Morgan fingerprint density at radius 3 is 2.02 bits per heavy atom. The average molecular weight is 611 g/mol. The van der Waals surface area contributed by atoms with Gasteiger partial charge in [0.2, 0.25) is 0 Å². The third kappa shape index (κ3) is 5.25. The number of rotatable bonds is 6. The standard InChI is InChI=1S/C34H42O10/c1-17-15-34-31(43-24(38)14-23-12-10-9-11-13-23)18(2)16-33(34,44-34)30(39)19(3)28(41-21(5)36)25-26(32(25,7)8)29(42-22(6)37)27(17)40-20(4)35/h9-13,15,18-19,25-29,31H,14,16H2,1-8H3/b17-15+/t18?,19-,25+,26-,27-,28+,29+,31?,33?,34?/m1/s1. The van der Waals surface area contributed by atoms with E-state index >= 15 is 0 Å². The van der Waals surface area contributed by atoms with Crippen LogP contribution in [0.5, 0.6) is 0 Å². The predicted octanol–water partition coefficient (Wildman–Crippen LogP) is 3.92. The van der Waals surface area contributed by atoms with Crippen molar-refractivity contribution < 1.29 is 47.7 Å². The molecule has 0 spiro atoms. The summed E-state index contributed by atoms with van der Waals surface area (Å²) < 4.78 is 30.1. The topological polar surface area (TPSA) is 135 Å². The van der Waals surface area contributed by atoms with E-state index in [2.05, 4.69) is 0 Å². The number of ether oxygens (including phenoxy) is 5. The van der Waals surface area contributed by atoms with Crippen molar-refractivity contribution in [1.29, 1.82) is 0 Å². The molecule has 1 saturated heterocycles. The van der Waals surface area contributed by atoms with Gasteiger partial charge in [0.25, 0.3) is 0 Å². The van der Waals surface area contributed by atoms with E-state index in [0.29, 0.717) is 5.57 Å². The lowest BCUT2D eigenvalue weighted by atomic mass is 9.80. The third-order valence-corrected chi connectivity index (χ3v) is 10.0. The van der Waals surface area contributed by atoms with Gasteiger partial charge in [0.15, 0.2) is 23.1 Å². The zero-order valence-corrected chi connectivity index (χ0v) is 26.6. The van der Waals surface area contributed by atoms with Gasteiger partial charge in [-0.25, -0.2) is 0 Å². The van der Waals surface area contributed by atoms with Crippen molar-refractivity contribution in [3.8, 4) is 0 Å². The van der Waals surface area contributed by atoms with Gasteiger partial charge >= 0.3 is 23.9 Å². The highest BCUT2D eigenvalue weighted by Gasteiger charge is 2.84. The number of epoxide rings is 1. The Morgan fingerprint density at radius 2 is 1.43 bits per heavy atom. The molecule has 0 N–H and O–H groups in total. The summed E-state index contributed by atoms with van der Waals surface area (Å²) in [6, 6.07) is 9.20. The Bertz CT molecular complexity index is 1400. The Hall–Kier alpha value is -3.53. The normalized spacial score (nSPS) is 39.5. The van der Waals surface area contributed by atoms with Crippen LogP contribution in [-0.2, 0) is 54.1 Å². The lowest BCUT2D eigenvalue weighted by Crippen LogP contribution is -2.43. The van der Waals surface area contributed by atoms with Gasteiger partial charge in [0.05, 0.1) is 12.3 Å². The number of benzene rings is 1. The Morgan fingerprint density at radius 1 is 0.864 bits per heavy atom. The SMILES string of the molecule is CC(=O)O[C@@H]1[C@@H]2[C@H]([C@H](OC(C)=O)[C@H](OC(C)=O)/C(C)=C/C34OC3(CC(C)C4OC(=O)Cc3ccccc3)C(=O)[C@@H]1C)C2(C)C. The van der Waals surface area contributed by atoms with Gasteiger partial charge in [-0.05, 0) is 41.9 Å². The van der Waals surface area contributed by atoms with E-state index in [1.807, 2.05) is 51.1 Å². The highest BCUT2D eigenvalue weighted by atomic mass is 16.7. The smallest absolute Gasteiger partial charge is 0.310 e. The summed E-state index contributed by atoms with van der Waals surface area (Å²) in [5.74, 6) is -4.27. The highest BCUT2D eigenvalue weighted by Crippen LogP contribution is 2.69. The number of carbonyl (C=O) groups is 5. The van der Waals surface area contributed by atoms with Gasteiger partial charge < -0.3 is 23.7 Å². The number of carbonyl (C=O) groups excluding carboxylic acids is 5. The first kappa shape index (κ1) is 31.9. The number of esters is 4. The van der Waals surface area contributed by atoms with Crippen molar-refractivity contribution in [2.24, 2.45) is 29.1 Å². The van der Waals surface area contributed by atoms with Gasteiger partial charge in [-0.15, -0.1) is 0 Å². The second kappa shape index (κ2) is 11.1. The summed E-state index contributed by atoms with van der Waals surface area (Å²) in [5, 5.41) is 0. The Kier molecular flexibility index (Phi) is 8.06. The zero-order chi connectivity index (χ0) is 32.4. The molecule has 10 atom stereocenters. The van der Waals surface area contributed by atoms with E-state index in [1.165, 1.54) is 20.8 Å². The van der Waals surface area contributed by atoms with Crippen LogP contribution in [-0.4, -0.2) is 65.3 Å². The molecule has 3 aliphatic carbocycles. The van der Waals surface area contributed by atoms with Crippen molar-refractivity contribution in [2.45, 2.75) is 104 Å². The molecular formula is C34H42O10. The van der Waals surface area contributed by atoms with Crippen molar-refractivity contribution in [3.63, 3.8) is 0 Å². The molecule has 44 heavy (non-hydrogen) atoms. The molecule has 3 fully saturated rings. The molecular weight excluding hydrogens is 568 g/mol. The fraction of sp³-hybridized carbons (Fsp3) is 0.618. The predicted molar refractivity (Wildman–Crippen MR) is 156 cm³/mol. The molecule has 2 saturated carbocycles. The summed E-state index contributed by atoms with van der Waals surface area (Å²) in [6.45, 7) is 13.1. The molecule has 1 aromatic carbocycles. The minimum Gasteiger partial charge on any atom is -0.461 e. The van der Waals surface area contributed by atoms with Gasteiger partial charge in [0.1, 0.15) is 18.3 Å². The molecule has 4 unspecified atom stereocenters. The quantitative estimate of drug-likeness (QED) is 0.202. The van der Waals surface area contributed by atoms with Crippen LogP contribution in [0.4, 0.5) is 0 Å². The van der Waals surface area contributed by atoms with Crippen molar-refractivity contribution >= 4 is 29.7 Å². The maximum Gasteiger partial charge on any atom is 0.310 e. The van der Waals surface area contributed by atoms with Gasteiger partial charge in [-0.3, -0.25) is 24.0 Å². The van der Waals surface area contributed by atoms with E-state index in [4.69, 9.17) is 23.7 Å². The van der Waals surface area contributed by atoms with Crippen LogP contribution in [0.15, 0.2) is 42.0 Å². The summed E-state index contributed by atoms with van der Waals surface area (Å²) in [6.07, 6.45) is -1.61. The van der Waals surface area contributed by atoms with Crippen molar-refractivity contribution in [1.82, 2.24) is 0 Å². The largest absolute Gasteiger partial charge is 0.461 e. The number of ketones is 1. The summed E-state index contributed by atoms with van der Waals surface area (Å²) in [7, 11) is 0.